The molecule has 0 aliphatic carbocycles. The van der Waals surface area contributed by atoms with Gasteiger partial charge in [-0.05, 0) is 146 Å². The van der Waals surface area contributed by atoms with Gasteiger partial charge in [-0.2, -0.15) is 0 Å². The molecular weight excluding hydrogens is 883 g/mol. The summed E-state index contributed by atoms with van der Waals surface area (Å²) in [5, 5.41) is 10.6. The Kier molecular flexibility index (Phi) is 9.74. The lowest BCUT2D eigenvalue weighted by molar-refractivity contribution is 1.18. The molecule has 0 spiro atoms. The maximum absolute atomic E-state index is 2.53. The molecule has 72 heavy (non-hydrogen) atoms. The Morgan fingerprint density at radius 1 is 0.250 bits per heavy atom. The predicted octanol–water partition coefficient (Wildman–Crippen LogP) is 17.9. The zero-order valence-corrected chi connectivity index (χ0v) is 41.3. The molecule has 14 rings (SSSR count). The van der Waals surface area contributed by atoms with Crippen molar-refractivity contribution >= 4 is 61.8 Å². The summed E-state index contributed by atoms with van der Waals surface area (Å²) < 4.78 is 2.51. The second-order valence-electron chi connectivity index (χ2n) is 20.1. The van der Waals surface area contributed by atoms with Gasteiger partial charge < -0.3 is 4.57 Å². The third-order valence-electron chi connectivity index (χ3n) is 15.6. The highest BCUT2D eigenvalue weighted by Gasteiger charge is 2.38. The van der Waals surface area contributed by atoms with Crippen molar-refractivity contribution in [3.05, 3.63) is 261 Å². The van der Waals surface area contributed by atoms with Crippen LogP contribution in [0.1, 0.15) is 0 Å². The number of hydrogen-bond acceptors (Lipinski definition) is 0. The molecule has 0 saturated carbocycles. The zero-order valence-electron chi connectivity index (χ0n) is 40.3. The number of aromatic nitrogens is 1. The van der Waals surface area contributed by atoms with E-state index in [1.165, 1.54) is 137 Å². The summed E-state index contributed by atoms with van der Waals surface area (Å²) in [6.45, 7) is 5.07. The standard InChI is InChI=1S/C70H49NSi/c1-72(2)69-44-57(50-24-22-47(23-25-50)46-12-4-3-5-13-46)34-38-63(69)64-39-37-58(45-70(64)72)71-67-40-35-55(48-26-30-53(31-27-48)61-20-10-16-51-14-6-8-18-59(51)61)42-65(67)66-43-56(36-41-68(66)71)49-28-32-54(33-29-49)62-21-11-17-52-15-7-9-19-60(52)62/h3-45H,1-2H3. The SMILES string of the molecule is C[Si]1(C)c2cc(-c3ccc(-c4ccccc4)cc3)ccc2-c2ccc(-n3c4ccc(-c5ccc(-c6cccc7ccccc67)cc5)cc4c4cc(-c5ccc(-c6cccc7ccccc67)cc5)ccc43)cc21. The van der Waals surface area contributed by atoms with Crippen LogP contribution in [0.25, 0.3) is 127 Å². The molecule has 13 aromatic rings. The average Bonchev–Trinajstić information content (AvgIpc) is 3.89. The average molecular weight is 932 g/mol. The van der Waals surface area contributed by atoms with Crippen molar-refractivity contribution in [2.24, 2.45) is 0 Å². The van der Waals surface area contributed by atoms with Crippen LogP contribution in [0.2, 0.25) is 13.1 Å². The quantitative estimate of drug-likeness (QED) is 0.140. The summed E-state index contributed by atoms with van der Waals surface area (Å²) in [7, 11) is -2.10. The van der Waals surface area contributed by atoms with Gasteiger partial charge in [-0.3, -0.25) is 0 Å². The highest BCUT2D eigenvalue weighted by molar-refractivity contribution is 7.03. The van der Waals surface area contributed by atoms with Gasteiger partial charge in [-0.25, -0.2) is 0 Å². The minimum Gasteiger partial charge on any atom is -0.309 e. The van der Waals surface area contributed by atoms with Gasteiger partial charge in [0.2, 0.25) is 0 Å². The predicted molar refractivity (Wildman–Crippen MR) is 311 cm³/mol. The summed E-state index contributed by atoms with van der Waals surface area (Å²) in [6, 6.07) is 97.1. The van der Waals surface area contributed by atoms with E-state index in [1.54, 1.807) is 0 Å². The first kappa shape index (κ1) is 42.1. The van der Waals surface area contributed by atoms with E-state index in [2.05, 4.69) is 279 Å². The largest absolute Gasteiger partial charge is 0.309 e. The van der Waals surface area contributed by atoms with Crippen LogP contribution in [-0.2, 0) is 0 Å². The van der Waals surface area contributed by atoms with Gasteiger partial charge in [0, 0.05) is 16.5 Å². The molecule has 0 amide bonds. The number of benzene rings is 12. The highest BCUT2D eigenvalue weighted by Crippen LogP contribution is 2.41. The maximum atomic E-state index is 2.53. The molecule has 2 heterocycles. The second-order valence-corrected chi connectivity index (χ2v) is 24.4. The molecule has 0 bridgehead atoms. The van der Waals surface area contributed by atoms with E-state index in [-0.39, 0.29) is 0 Å². The van der Waals surface area contributed by atoms with Crippen LogP contribution in [0.3, 0.4) is 0 Å². The fourth-order valence-electron chi connectivity index (χ4n) is 11.8. The lowest BCUT2D eigenvalue weighted by Crippen LogP contribution is -2.49. The fourth-order valence-corrected chi connectivity index (χ4v) is 14.9. The first-order chi connectivity index (χ1) is 35.4. The van der Waals surface area contributed by atoms with Crippen molar-refractivity contribution in [3.63, 3.8) is 0 Å². The van der Waals surface area contributed by atoms with Gasteiger partial charge >= 0.3 is 0 Å². The molecule has 2 heteroatoms. The number of rotatable bonds is 7. The van der Waals surface area contributed by atoms with Crippen molar-refractivity contribution in [1.82, 2.24) is 4.57 Å². The van der Waals surface area contributed by atoms with E-state index < -0.39 is 8.07 Å². The molecule has 0 atom stereocenters. The summed E-state index contributed by atoms with van der Waals surface area (Å²) in [6.07, 6.45) is 0. The lowest BCUT2D eigenvalue weighted by Gasteiger charge is -2.20. The molecule has 0 N–H and O–H groups in total. The molecule has 338 valence electrons. The van der Waals surface area contributed by atoms with Crippen molar-refractivity contribution in [3.8, 4) is 83.6 Å². The van der Waals surface area contributed by atoms with Gasteiger partial charge in [-0.15, -0.1) is 0 Å². The Hall–Kier alpha value is -8.82. The Bertz CT molecular complexity index is 4060. The van der Waals surface area contributed by atoms with E-state index >= 15 is 0 Å². The van der Waals surface area contributed by atoms with Crippen molar-refractivity contribution in [1.29, 1.82) is 0 Å². The molecule has 1 aliphatic heterocycles. The molecule has 1 nitrogen and oxygen atoms in total. The molecule has 1 aliphatic rings. The van der Waals surface area contributed by atoms with Crippen LogP contribution in [0.5, 0.6) is 0 Å². The number of nitrogens with zero attached hydrogens (tertiary/aromatic N) is 1. The van der Waals surface area contributed by atoms with Gasteiger partial charge in [0.1, 0.15) is 8.07 Å². The second kappa shape index (κ2) is 16.7. The Balaban J connectivity index is 0.865. The third kappa shape index (κ3) is 6.90. The Morgan fingerprint density at radius 2 is 0.625 bits per heavy atom. The molecule has 1 aromatic heterocycles. The van der Waals surface area contributed by atoms with Crippen LogP contribution < -0.4 is 10.4 Å². The first-order valence-corrected chi connectivity index (χ1v) is 28.1. The van der Waals surface area contributed by atoms with Gasteiger partial charge in [0.15, 0.2) is 0 Å². The minimum atomic E-state index is -2.10. The molecule has 0 saturated heterocycles. The molecule has 0 unspecified atom stereocenters. The van der Waals surface area contributed by atoms with E-state index in [0.717, 1.165) is 0 Å². The third-order valence-corrected chi connectivity index (χ3v) is 19.2. The molecular formula is C70H49NSi. The topological polar surface area (TPSA) is 4.93 Å². The normalized spacial score (nSPS) is 12.7. The van der Waals surface area contributed by atoms with E-state index in [1.807, 2.05) is 0 Å². The van der Waals surface area contributed by atoms with E-state index in [0.29, 0.717) is 0 Å². The summed E-state index contributed by atoms with van der Waals surface area (Å²) in [4.78, 5) is 0. The van der Waals surface area contributed by atoms with Crippen LogP contribution in [0.4, 0.5) is 0 Å². The molecule has 12 aromatic carbocycles. The summed E-state index contributed by atoms with van der Waals surface area (Å²) in [5.41, 5.74) is 21.2. The minimum absolute atomic E-state index is 1.21. The number of fused-ring (bicyclic) bond motifs is 8. The smallest absolute Gasteiger partial charge is 0.113 e. The zero-order chi connectivity index (χ0) is 47.9. The van der Waals surface area contributed by atoms with Crippen LogP contribution in [0, 0.1) is 0 Å². The van der Waals surface area contributed by atoms with Crippen molar-refractivity contribution in [2.75, 3.05) is 0 Å². The molecule has 0 radical (unpaired) electrons. The van der Waals surface area contributed by atoms with Crippen molar-refractivity contribution < 1.29 is 0 Å². The maximum Gasteiger partial charge on any atom is 0.113 e. The molecule has 0 fully saturated rings. The monoisotopic (exact) mass is 931 g/mol. The van der Waals surface area contributed by atoms with Crippen LogP contribution in [0.15, 0.2) is 261 Å². The van der Waals surface area contributed by atoms with E-state index in [9.17, 15) is 0 Å². The Labute approximate surface area is 421 Å². The van der Waals surface area contributed by atoms with Crippen LogP contribution >= 0.6 is 0 Å². The van der Waals surface area contributed by atoms with Gasteiger partial charge in [0.25, 0.3) is 0 Å². The summed E-state index contributed by atoms with van der Waals surface area (Å²) in [5.74, 6) is 0. The van der Waals surface area contributed by atoms with E-state index in [4.69, 9.17) is 0 Å². The van der Waals surface area contributed by atoms with Crippen molar-refractivity contribution in [2.45, 2.75) is 13.1 Å². The highest BCUT2D eigenvalue weighted by atomic mass is 28.3. The summed E-state index contributed by atoms with van der Waals surface area (Å²) >= 11 is 0. The number of hydrogen-bond donors (Lipinski definition) is 0. The van der Waals surface area contributed by atoms with Gasteiger partial charge in [-0.1, -0.05) is 238 Å². The van der Waals surface area contributed by atoms with Crippen LogP contribution in [-0.4, -0.2) is 12.6 Å². The lowest BCUT2D eigenvalue weighted by atomic mass is 9.95. The first-order valence-electron chi connectivity index (χ1n) is 25.1. The Morgan fingerprint density at radius 3 is 1.15 bits per heavy atom. The fraction of sp³-hybridized carbons (Fsp3) is 0.0286. The van der Waals surface area contributed by atoms with Gasteiger partial charge in [0.05, 0.1) is 11.0 Å².